The molecule has 1 aromatic rings. The number of ether oxygens (including phenoxy) is 2. The summed E-state index contributed by atoms with van der Waals surface area (Å²) in [7, 11) is 2.91. The van der Waals surface area contributed by atoms with Gasteiger partial charge in [-0.25, -0.2) is 0 Å². The van der Waals surface area contributed by atoms with E-state index in [9.17, 15) is 9.59 Å². The molecule has 25 heavy (non-hydrogen) atoms. The lowest BCUT2D eigenvalue weighted by Gasteiger charge is -2.29. The Labute approximate surface area is 149 Å². The van der Waals surface area contributed by atoms with Crippen molar-refractivity contribution in [2.75, 3.05) is 27.4 Å². The molecule has 1 aliphatic rings. The van der Waals surface area contributed by atoms with Crippen molar-refractivity contribution in [3.05, 3.63) is 35.9 Å². The van der Waals surface area contributed by atoms with Crippen LogP contribution >= 0.6 is 0 Å². The van der Waals surface area contributed by atoms with E-state index in [1.165, 1.54) is 7.11 Å². The van der Waals surface area contributed by atoms with Crippen molar-refractivity contribution in [2.24, 2.45) is 5.92 Å². The summed E-state index contributed by atoms with van der Waals surface area (Å²) < 4.78 is 9.91. The number of methoxy groups -OCH3 is 2. The molecule has 6 nitrogen and oxygen atoms in total. The molecule has 0 aliphatic heterocycles. The normalized spacial score (nSPS) is 17.4. The van der Waals surface area contributed by atoms with Gasteiger partial charge in [-0.05, 0) is 31.2 Å². The number of carbonyl (C=O) groups is 2. The number of hydrogen-bond acceptors (Lipinski definition) is 5. The summed E-state index contributed by atoms with van der Waals surface area (Å²) in [5.41, 5.74) is 0.480. The van der Waals surface area contributed by atoms with Crippen molar-refractivity contribution >= 4 is 11.9 Å². The fourth-order valence-electron chi connectivity index (χ4n) is 2.96. The van der Waals surface area contributed by atoms with Crippen molar-refractivity contribution in [3.63, 3.8) is 0 Å². The van der Waals surface area contributed by atoms with Gasteiger partial charge in [-0.3, -0.25) is 9.59 Å². The molecule has 0 radical (unpaired) electrons. The summed E-state index contributed by atoms with van der Waals surface area (Å²) in [6, 6.07) is 10.1. The Morgan fingerprint density at radius 2 is 1.92 bits per heavy atom. The van der Waals surface area contributed by atoms with Gasteiger partial charge in [-0.2, -0.15) is 0 Å². The number of hydrogen-bond donors (Lipinski definition) is 2. The van der Waals surface area contributed by atoms with E-state index in [0.29, 0.717) is 12.5 Å². The minimum atomic E-state index is -0.652. The fourth-order valence-corrected chi connectivity index (χ4v) is 2.96. The molecule has 6 heteroatoms. The second-order valence-corrected chi connectivity index (χ2v) is 6.89. The number of nitrogens with one attached hydrogen (secondary N) is 2. The standard InChI is InChI=1S/C19H28N2O4/c1-19(13-24-2,11-17(23)25-3)20-12-16(22)21-18(15-9-10-15)14-7-5-4-6-8-14/h4-8,15,18,20H,9-13H2,1-3H3,(H,21,22)/t18-,19-/m0/s1. The zero-order valence-electron chi connectivity index (χ0n) is 15.2. The molecule has 1 amide bonds. The van der Waals surface area contributed by atoms with Gasteiger partial charge in [-0.1, -0.05) is 30.3 Å². The molecule has 2 atom stereocenters. The quantitative estimate of drug-likeness (QED) is 0.631. The molecule has 1 aliphatic carbocycles. The Kier molecular flexibility index (Phi) is 6.96. The maximum absolute atomic E-state index is 12.4. The molecule has 0 heterocycles. The van der Waals surface area contributed by atoms with E-state index < -0.39 is 5.54 Å². The minimum absolute atomic E-state index is 0.0461. The van der Waals surface area contributed by atoms with Crippen LogP contribution in [0.4, 0.5) is 0 Å². The molecule has 1 fully saturated rings. The number of rotatable bonds is 10. The first-order chi connectivity index (χ1) is 12.0. The molecular weight excluding hydrogens is 320 g/mol. The SMILES string of the molecule is COC[C@](C)(CC(=O)OC)NCC(=O)N[C@@H](c1ccccc1)C1CC1. The fraction of sp³-hybridized carbons (Fsp3) is 0.579. The van der Waals surface area contributed by atoms with Crippen LogP contribution in [-0.4, -0.2) is 44.8 Å². The predicted molar refractivity (Wildman–Crippen MR) is 95.0 cm³/mol. The largest absolute Gasteiger partial charge is 0.469 e. The lowest BCUT2D eigenvalue weighted by Crippen LogP contribution is -2.51. The van der Waals surface area contributed by atoms with Gasteiger partial charge >= 0.3 is 5.97 Å². The van der Waals surface area contributed by atoms with Gasteiger partial charge < -0.3 is 20.1 Å². The van der Waals surface area contributed by atoms with Gasteiger partial charge in [0.2, 0.25) is 5.91 Å². The topological polar surface area (TPSA) is 76.7 Å². The van der Waals surface area contributed by atoms with Crippen molar-refractivity contribution in [2.45, 2.75) is 37.8 Å². The van der Waals surface area contributed by atoms with Crippen LogP contribution in [0, 0.1) is 5.92 Å². The highest BCUT2D eigenvalue weighted by atomic mass is 16.5. The second kappa shape index (κ2) is 8.97. The van der Waals surface area contributed by atoms with Crippen LogP contribution in [0.3, 0.4) is 0 Å². The third-order valence-corrected chi connectivity index (χ3v) is 4.47. The van der Waals surface area contributed by atoms with Crippen LogP contribution in [0.25, 0.3) is 0 Å². The van der Waals surface area contributed by atoms with Crippen LogP contribution in [0.15, 0.2) is 30.3 Å². The Balaban J connectivity index is 1.92. The van der Waals surface area contributed by atoms with E-state index in [0.717, 1.165) is 18.4 Å². The Morgan fingerprint density at radius 1 is 1.24 bits per heavy atom. The van der Waals surface area contributed by atoms with E-state index in [1.54, 1.807) is 7.11 Å². The van der Waals surface area contributed by atoms with Gasteiger partial charge in [-0.15, -0.1) is 0 Å². The first kappa shape index (κ1) is 19.4. The summed E-state index contributed by atoms with van der Waals surface area (Å²) >= 11 is 0. The number of carbonyl (C=O) groups excluding carboxylic acids is 2. The summed E-state index contributed by atoms with van der Waals surface area (Å²) in [4.78, 5) is 24.0. The van der Waals surface area contributed by atoms with E-state index in [4.69, 9.17) is 9.47 Å². The van der Waals surface area contributed by atoms with E-state index in [-0.39, 0.29) is 30.9 Å². The van der Waals surface area contributed by atoms with Crippen LogP contribution in [0.5, 0.6) is 0 Å². The first-order valence-corrected chi connectivity index (χ1v) is 8.62. The highest BCUT2D eigenvalue weighted by Gasteiger charge is 2.34. The number of amides is 1. The maximum Gasteiger partial charge on any atom is 0.307 e. The highest BCUT2D eigenvalue weighted by Crippen LogP contribution is 2.40. The zero-order chi connectivity index (χ0) is 18.3. The average Bonchev–Trinajstić information content (AvgIpc) is 3.44. The Morgan fingerprint density at radius 3 is 2.48 bits per heavy atom. The Hall–Kier alpha value is -1.92. The maximum atomic E-state index is 12.4. The third-order valence-electron chi connectivity index (χ3n) is 4.47. The summed E-state index contributed by atoms with van der Waals surface area (Å²) in [6.07, 6.45) is 2.41. The number of esters is 1. The van der Waals surface area contributed by atoms with E-state index in [2.05, 4.69) is 10.6 Å². The van der Waals surface area contributed by atoms with Gasteiger partial charge in [0.15, 0.2) is 0 Å². The molecule has 0 spiro atoms. The van der Waals surface area contributed by atoms with E-state index >= 15 is 0 Å². The van der Waals surface area contributed by atoms with Crippen LogP contribution in [0.2, 0.25) is 0 Å². The highest BCUT2D eigenvalue weighted by molar-refractivity contribution is 5.79. The van der Waals surface area contributed by atoms with Crippen LogP contribution in [0.1, 0.15) is 37.8 Å². The van der Waals surface area contributed by atoms with Gasteiger partial charge in [0.1, 0.15) is 0 Å². The summed E-state index contributed by atoms with van der Waals surface area (Å²) in [5, 5.41) is 6.26. The molecular formula is C19H28N2O4. The van der Waals surface area contributed by atoms with Gasteiger partial charge in [0, 0.05) is 12.6 Å². The smallest absolute Gasteiger partial charge is 0.307 e. The molecule has 0 aromatic heterocycles. The lowest BCUT2D eigenvalue weighted by molar-refractivity contribution is -0.143. The van der Waals surface area contributed by atoms with Crippen molar-refractivity contribution in [3.8, 4) is 0 Å². The van der Waals surface area contributed by atoms with Crippen LogP contribution in [-0.2, 0) is 19.1 Å². The molecule has 0 unspecified atom stereocenters. The molecule has 0 bridgehead atoms. The summed E-state index contributed by atoms with van der Waals surface area (Å²) in [5.74, 6) is 0.0762. The van der Waals surface area contributed by atoms with Gasteiger partial charge in [0.05, 0.1) is 32.7 Å². The van der Waals surface area contributed by atoms with Crippen molar-refractivity contribution in [1.82, 2.24) is 10.6 Å². The summed E-state index contributed by atoms with van der Waals surface area (Å²) in [6.45, 7) is 2.27. The van der Waals surface area contributed by atoms with Crippen LogP contribution < -0.4 is 10.6 Å². The zero-order valence-corrected chi connectivity index (χ0v) is 15.2. The first-order valence-electron chi connectivity index (χ1n) is 8.62. The molecule has 138 valence electrons. The minimum Gasteiger partial charge on any atom is -0.469 e. The average molecular weight is 348 g/mol. The molecule has 2 rings (SSSR count). The monoisotopic (exact) mass is 348 g/mol. The van der Waals surface area contributed by atoms with E-state index in [1.807, 2.05) is 37.3 Å². The van der Waals surface area contributed by atoms with Crippen molar-refractivity contribution in [1.29, 1.82) is 0 Å². The Bertz CT molecular complexity index is 574. The predicted octanol–water partition coefficient (Wildman–Crippen LogP) is 1.81. The number of benzene rings is 1. The second-order valence-electron chi connectivity index (χ2n) is 6.89. The molecule has 1 aromatic carbocycles. The molecule has 2 N–H and O–H groups in total. The van der Waals surface area contributed by atoms with Gasteiger partial charge in [0.25, 0.3) is 0 Å². The van der Waals surface area contributed by atoms with Crippen molar-refractivity contribution < 1.29 is 19.1 Å². The molecule has 1 saturated carbocycles. The molecule has 0 saturated heterocycles. The lowest BCUT2D eigenvalue weighted by atomic mass is 9.98. The third kappa shape index (κ3) is 6.14.